The summed E-state index contributed by atoms with van der Waals surface area (Å²) in [6, 6.07) is 19.0. The quantitative estimate of drug-likeness (QED) is 0.717. The van der Waals surface area contributed by atoms with Crippen LogP contribution in [0.1, 0.15) is 15.9 Å². The van der Waals surface area contributed by atoms with Crippen LogP contribution in [0.15, 0.2) is 71.6 Å². The van der Waals surface area contributed by atoms with Crippen LogP contribution >= 0.6 is 0 Å². The minimum absolute atomic E-state index is 0.116. The molecule has 0 unspecified atom stereocenters. The maximum absolute atomic E-state index is 12.5. The summed E-state index contributed by atoms with van der Waals surface area (Å²) in [6.07, 6.45) is 0. The fourth-order valence-corrected chi connectivity index (χ4v) is 3.45. The van der Waals surface area contributed by atoms with Gasteiger partial charge in [0.15, 0.2) is 0 Å². The zero-order valence-electron chi connectivity index (χ0n) is 13.0. The SMILES string of the molecule is Cc1ccc(C(=O)NNS(=O)(=O)c2cccc3ccccc23)cc1. The van der Waals surface area contributed by atoms with Crippen molar-refractivity contribution >= 4 is 26.7 Å². The Morgan fingerprint density at radius 2 is 1.54 bits per heavy atom. The van der Waals surface area contributed by atoms with E-state index in [4.69, 9.17) is 0 Å². The van der Waals surface area contributed by atoms with E-state index in [0.717, 1.165) is 10.9 Å². The Labute approximate surface area is 140 Å². The number of aryl methyl sites for hydroxylation is 1. The highest BCUT2D eigenvalue weighted by molar-refractivity contribution is 7.89. The fraction of sp³-hybridized carbons (Fsp3) is 0.0556. The van der Waals surface area contributed by atoms with E-state index in [9.17, 15) is 13.2 Å². The molecule has 0 saturated heterocycles. The maximum atomic E-state index is 12.5. The summed E-state index contributed by atoms with van der Waals surface area (Å²) in [7, 11) is -3.88. The lowest BCUT2D eigenvalue weighted by Crippen LogP contribution is -2.41. The lowest BCUT2D eigenvalue weighted by Gasteiger charge is -2.10. The topological polar surface area (TPSA) is 75.3 Å². The number of hydrogen-bond donors (Lipinski definition) is 2. The number of rotatable bonds is 4. The van der Waals surface area contributed by atoms with Crippen LogP contribution in [-0.4, -0.2) is 14.3 Å². The third-order valence-corrected chi connectivity index (χ3v) is 4.96. The zero-order valence-corrected chi connectivity index (χ0v) is 13.8. The highest BCUT2D eigenvalue weighted by atomic mass is 32.2. The molecule has 0 heterocycles. The van der Waals surface area contributed by atoms with Crippen LogP contribution < -0.4 is 10.3 Å². The molecule has 0 aromatic heterocycles. The standard InChI is InChI=1S/C18H16N2O3S/c1-13-9-11-15(12-10-13)18(21)19-20-24(22,23)17-8-4-6-14-5-2-3-7-16(14)17/h2-12,20H,1H3,(H,19,21). The van der Waals surface area contributed by atoms with Crippen molar-refractivity contribution in [2.45, 2.75) is 11.8 Å². The van der Waals surface area contributed by atoms with Gasteiger partial charge in [0.1, 0.15) is 0 Å². The van der Waals surface area contributed by atoms with Crippen LogP contribution in [0.3, 0.4) is 0 Å². The Morgan fingerprint density at radius 3 is 2.29 bits per heavy atom. The van der Waals surface area contributed by atoms with Gasteiger partial charge in [0.05, 0.1) is 4.90 Å². The van der Waals surface area contributed by atoms with Gasteiger partial charge in [-0.3, -0.25) is 10.2 Å². The van der Waals surface area contributed by atoms with E-state index in [1.807, 2.05) is 25.1 Å². The van der Waals surface area contributed by atoms with Gasteiger partial charge in [0.2, 0.25) is 0 Å². The van der Waals surface area contributed by atoms with Gasteiger partial charge < -0.3 is 0 Å². The zero-order chi connectivity index (χ0) is 17.2. The van der Waals surface area contributed by atoms with Gasteiger partial charge in [-0.15, -0.1) is 4.83 Å². The average molecular weight is 340 g/mol. The average Bonchev–Trinajstić information content (AvgIpc) is 2.60. The normalized spacial score (nSPS) is 11.4. The molecule has 3 rings (SSSR count). The molecular weight excluding hydrogens is 324 g/mol. The van der Waals surface area contributed by atoms with Crippen molar-refractivity contribution in [2.75, 3.05) is 0 Å². The molecule has 0 spiro atoms. The Balaban J connectivity index is 1.83. The molecule has 0 aliphatic rings. The van der Waals surface area contributed by atoms with E-state index < -0.39 is 15.9 Å². The Morgan fingerprint density at radius 1 is 0.875 bits per heavy atom. The molecule has 0 bridgehead atoms. The number of benzene rings is 3. The van der Waals surface area contributed by atoms with Crippen LogP contribution in [0.25, 0.3) is 10.8 Å². The second kappa shape index (κ2) is 6.43. The smallest absolute Gasteiger partial charge is 0.266 e. The third kappa shape index (κ3) is 3.29. The van der Waals surface area contributed by atoms with E-state index >= 15 is 0 Å². The maximum Gasteiger partial charge on any atom is 0.266 e. The van der Waals surface area contributed by atoms with E-state index in [0.29, 0.717) is 10.9 Å². The van der Waals surface area contributed by atoms with Crippen molar-refractivity contribution in [2.24, 2.45) is 0 Å². The van der Waals surface area contributed by atoms with Crippen LogP contribution in [0.4, 0.5) is 0 Å². The van der Waals surface area contributed by atoms with Gasteiger partial charge in [0.25, 0.3) is 15.9 Å². The molecule has 6 heteroatoms. The Bertz CT molecular complexity index is 991. The molecule has 3 aromatic carbocycles. The molecule has 0 aliphatic carbocycles. The lowest BCUT2D eigenvalue weighted by atomic mass is 10.1. The monoisotopic (exact) mass is 340 g/mol. The fourth-order valence-electron chi connectivity index (χ4n) is 2.38. The number of nitrogens with one attached hydrogen (secondary N) is 2. The van der Waals surface area contributed by atoms with Crippen LogP contribution in [0, 0.1) is 6.92 Å². The van der Waals surface area contributed by atoms with Crippen molar-refractivity contribution in [1.82, 2.24) is 10.3 Å². The number of fused-ring (bicyclic) bond motifs is 1. The summed E-state index contributed by atoms with van der Waals surface area (Å²) in [5, 5.41) is 1.40. The van der Waals surface area contributed by atoms with E-state index in [1.54, 1.807) is 42.5 Å². The van der Waals surface area contributed by atoms with Crippen molar-refractivity contribution in [1.29, 1.82) is 0 Å². The number of hydrogen-bond acceptors (Lipinski definition) is 3. The van der Waals surface area contributed by atoms with E-state index in [1.165, 1.54) is 6.07 Å². The highest BCUT2D eigenvalue weighted by Crippen LogP contribution is 2.22. The Hall–Kier alpha value is -2.70. The Kier molecular flexibility index (Phi) is 4.33. The van der Waals surface area contributed by atoms with Gasteiger partial charge in [-0.2, -0.15) is 0 Å². The largest absolute Gasteiger partial charge is 0.273 e. The molecule has 24 heavy (non-hydrogen) atoms. The first-order valence-corrected chi connectivity index (χ1v) is 8.82. The summed E-state index contributed by atoms with van der Waals surface area (Å²) >= 11 is 0. The molecule has 0 saturated carbocycles. The molecule has 5 nitrogen and oxygen atoms in total. The number of carbonyl (C=O) groups excluding carboxylic acids is 1. The molecule has 122 valence electrons. The van der Waals surface area contributed by atoms with Crippen LogP contribution in [0.2, 0.25) is 0 Å². The van der Waals surface area contributed by atoms with E-state index in [-0.39, 0.29) is 4.90 Å². The van der Waals surface area contributed by atoms with Crippen LogP contribution in [-0.2, 0) is 10.0 Å². The summed E-state index contributed by atoms with van der Waals surface area (Å²) in [5.74, 6) is -0.515. The predicted octanol–water partition coefficient (Wildman–Crippen LogP) is 2.77. The van der Waals surface area contributed by atoms with Crippen molar-refractivity contribution in [3.05, 3.63) is 77.9 Å². The first-order valence-electron chi connectivity index (χ1n) is 7.34. The molecule has 0 fully saturated rings. The molecule has 3 aromatic rings. The molecule has 0 atom stereocenters. The van der Waals surface area contributed by atoms with Gasteiger partial charge in [0, 0.05) is 10.9 Å². The van der Waals surface area contributed by atoms with Gasteiger partial charge in [-0.25, -0.2) is 8.42 Å². The molecule has 2 N–H and O–H groups in total. The molecular formula is C18H16N2O3S. The minimum Gasteiger partial charge on any atom is -0.273 e. The number of sulfonamides is 1. The second-order valence-corrected chi connectivity index (χ2v) is 7.05. The number of hydrazine groups is 1. The van der Waals surface area contributed by atoms with Crippen molar-refractivity contribution in [3.63, 3.8) is 0 Å². The summed E-state index contributed by atoms with van der Waals surface area (Å²) in [6.45, 7) is 1.91. The van der Waals surface area contributed by atoms with Crippen molar-refractivity contribution < 1.29 is 13.2 Å². The van der Waals surface area contributed by atoms with Gasteiger partial charge >= 0.3 is 0 Å². The minimum atomic E-state index is -3.88. The molecule has 1 amide bonds. The summed E-state index contributed by atoms with van der Waals surface area (Å²) < 4.78 is 25.0. The predicted molar refractivity (Wildman–Crippen MR) is 92.9 cm³/mol. The van der Waals surface area contributed by atoms with Crippen LogP contribution in [0.5, 0.6) is 0 Å². The summed E-state index contributed by atoms with van der Waals surface area (Å²) in [4.78, 5) is 14.3. The molecule has 0 aliphatic heterocycles. The lowest BCUT2D eigenvalue weighted by molar-refractivity contribution is 0.0945. The van der Waals surface area contributed by atoms with E-state index in [2.05, 4.69) is 10.3 Å². The third-order valence-electron chi connectivity index (χ3n) is 3.65. The first-order chi connectivity index (χ1) is 11.5. The number of amides is 1. The molecule has 0 radical (unpaired) electrons. The van der Waals surface area contributed by atoms with Gasteiger partial charge in [-0.05, 0) is 30.5 Å². The van der Waals surface area contributed by atoms with Crippen molar-refractivity contribution in [3.8, 4) is 0 Å². The summed E-state index contributed by atoms with van der Waals surface area (Å²) in [5.41, 5.74) is 3.64. The first kappa shape index (κ1) is 16.2. The van der Waals surface area contributed by atoms with Gasteiger partial charge in [-0.1, -0.05) is 54.1 Å². The highest BCUT2D eigenvalue weighted by Gasteiger charge is 2.18. The number of carbonyl (C=O) groups is 1. The second-order valence-electron chi connectivity index (χ2n) is 5.40.